The van der Waals surface area contributed by atoms with Crippen molar-refractivity contribution in [1.82, 2.24) is 4.98 Å². The van der Waals surface area contributed by atoms with Gasteiger partial charge in [-0.1, -0.05) is 27.5 Å². The van der Waals surface area contributed by atoms with Crippen molar-refractivity contribution in [2.24, 2.45) is 0 Å². The Kier molecular flexibility index (Phi) is 4.12. The van der Waals surface area contributed by atoms with E-state index in [1.54, 1.807) is 0 Å². The maximum atomic E-state index is 12.4. The van der Waals surface area contributed by atoms with Gasteiger partial charge in [0.05, 0.1) is 5.02 Å². The minimum absolute atomic E-state index is 0.0441. The van der Waals surface area contributed by atoms with Crippen molar-refractivity contribution < 1.29 is 22.0 Å². The Labute approximate surface area is 101 Å². The molecule has 16 heavy (non-hydrogen) atoms. The quantitative estimate of drug-likeness (QED) is 0.573. The van der Waals surface area contributed by atoms with Crippen molar-refractivity contribution in [3.05, 3.63) is 28.0 Å². The van der Waals surface area contributed by atoms with Gasteiger partial charge < -0.3 is 0 Å². The second-order valence-corrected chi connectivity index (χ2v) is 3.76. The summed E-state index contributed by atoms with van der Waals surface area (Å²) in [5.41, 5.74) is -2.46. The second-order valence-electron chi connectivity index (χ2n) is 2.80. The monoisotopic (exact) mass is 323 g/mol. The summed E-state index contributed by atoms with van der Waals surface area (Å²) in [6.07, 6.45) is -7.92. The number of aromatic nitrogens is 1. The summed E-state index contributed by atoms with van der Waals surface area (Å²) in [6.45, 7) is 0. The van der Waals surface area contributed by atoms with Gasteiger partial charge >= 0.3 is 6.18 Å². The number of hydrogen-bond donors (Lipinski definition) is 0. The van der Waals surface area contributed by atoms with Crippen LogP contribution in [0.2, 0.25) is 5.02 Å². The van der Waals surface area contributed by atoms with E-state index in [0.717, 1.165) is 6.07 Å². The normalized spacial score (nSPS) is 12.2. The predicted molar refractivity (Wildman–Crippen MR) is 51.8 cm³/mol. The average molecular weight is 324 g/mol. The summed E-state index contributed by atoms with van der Waals surface area (Å²) >= 11 is 8.19. The van der Waals surface area contributed by atoms with Crippen LogP contribution < -0.4 is 0 Å². The van der Waals surface area contributed by atoms with E-state index in [2.05, 4.69) is 20.9 Å². The highest BCUT2D eigenvalue weighted by molar-refractivity contribution is 9.08. The zero-order chi connectivity index (χ0) is 12.5. The zero-order valence-electron chi connectivity index (χ0n) is 7.45. The van der Waals surface area contributed by atoms with Gasteiger partial charge in [0.1, 0.15) is 5.69 Å². The summed E-state index contributed by atoms with van der Waals surface area (Å²) in [4.78, 5) is 2.88. The number of rotatable bonds is 2. The Hall–Kier alpha value is -0.430. The molecule has 0 N–H and O–H groups in total. The first-order chi connectivity index (χ1) is 7.27. The van der Waals surface area contributed by atoms with Crippen LogP contribution in [0.15, 0.2) is 6.07 Å². The topological polar surface area (TPSA) is 12.9 Å². The van der Waals surface area contributed by atoms with Gasteiger partial charge in [-0.25, -0.2) is 13.8 Å². The molecule has 90 valence electrons. The van der Waals surface area contributed by atoms with Crippen molar-refractivity contribution in [3.8, 4) is 0 Å². The van der Waals surface area contributed by atoms with E-state index < -0.39 is 29.0 Å². The molecule has 0 aliphatic carbocycles. The average Bonchev–Trinajstić information content (AvgIpc) is 2.14. The molecule has 0 aliphatic heterocycles. The Bertz CT molecular complexity index is 393. The van der Waals surface area contributed by atoms with Gasteiger partial charge in [0.2, 0.25) is 0 Å². The van der Waals surface area contributed by atoms with Gasteiger partial charge in [-0.15, -0.1) is 0 Å². The van der Waals surface area contributed by atoms with Crippen LogP contribution in [0.25, 0.3) is 0 Å². The minimum Gasteiger partial charge on any atom is -0.240 e. The SMILES string of the molecule is FC(F)c1nc(C(F)(F)F)c(Cl)cc1CBr. The smallest absolute Gasteiger partial charge is 0.240 e. The largest absolute Gasteiger partial charge is 0.434 e. The van der Waals surface area contributed by atoms with E-state index in [9.17, 15) is 22.0 Å². The van der Waals surface area contributed by atoms with Crippen LogP contribution in [0.4, 0.5) is 22.0 Å². The number of nitrogens with zero attached hydrogens (tertiary/aromatic N) is 1. The van der Waals surface area contributed by atoms with Crippen LogP contribution in [0.1, 0.15) is 23.4 Å². The van der Waals surface area contributed by atoms with Crippen LogP contribution in [0, 0.1) is 0 Å². The fourth-order valence-electron chi connectivity index (χ4n) is 1.04. The Balaban J connectivity index is 3.39. The Morgan fingerprint density at radius 1 is 1.38 bits per heavy atom. The van der Waals surface area contributed by atoms with Crippen molar-refractivity contribution in [2.45, 2.75) is 17.9 Å². The summed E-state index contributed by atoms with van der Waals surface area (Å²) in [7, 11) is 0. The van der Waals surface area contributed by atoms with E-state index in [4.69, 9.17) is 11.6 Å². The highest BCUT2D eigenvalue weighted by atomic mass is 79.9. The highest BCUT2D eigenvalue weighted by Crippen LogP contribution is 2.36. The number of halogens is 7. The third-order valence-corrected chi connectivity index (χ3v) is 2.60. The van der Waals surface area contributed by atoms with Crippen molar-refractivity contribution >= 4 is 27.5 Å². The molecule has 0 spiro atoms. The molecule has 0 unspecified atom stereocenters. The maximum absolute atomic E-state index is 12.4. The standard InChI is InChI=1S/C8H4BrClF5N/c9-2-3-1-4(10)6(8(13,14)15)16-5(3)7(11)12/h1,7H,2H2. The number of alkyl halides is 6. The lowest BCUT2D eigenvalue weighted by atomic mass is 10.2. The van der Waals surface area contributed by atoms with E-state index in [1.165, 1.54) is 0 Å². The summed E-state index contributed by atoms with van der Waals surface area (Å²) in [6, 6.07) is 0.841. The first-order valence-electron chi connectivity index (χ1n) is 3.88. The first-order valence-corrected chi connectivity index (χ1v) is 5.38. The molecule has 0 aliphatic rings. The van der Waals surface area contributed by atoms with Gasteiger partial charge in [-0.3, -0.25) is 0 Å². The van der Waals surface area contributed by atoms with Crippen molar-refractivity contribution in [3.63, 3.8) is 0 Å². The molecular weight excluding hydrogens is 320 g/mol. The lowest BCUT2D eigenvalue weighted by Crippen LogP contribution is -2.12. The van der Waals surface area contributed by atoms with E-state index >= 15 is 0 Å². The molecule has 0 radical (unpaired) electrons. The third kappa shape index (κ3) is 2.82. The molecular formula is C8H4BrClF5N. The lowest BCUT2D eigenvalue weighted by molar-refractivity contribution is -0.141. The van der Waals surface area contributed by atoms with Gasteiger partial charge in [0.25, 0.3) is 6.43 Å². The van der Waals surface area contributed by atoms with Crippen LogP contribution >= 0.6 is 27.5 Å². The predicted octanol–water partition coefficient (Wildman–Crippen LogP) is 4.59. The molecule has 0 saturated heterocycles. The molecule has 1 heterocycles. The summed E-state index contributed by atoms with van der Waals surface area (Å²) in [5, 5.41) is -0.733. The van der Waals surface area contributed by atoms with E-state index in [0.29, 0.717) is 0 Å². The van der Waals surface area contributed by atoms with E-state index in [1.807, 2.05) is 0 Å². The minimum atomic E-state index is -4.84. The number of pyridine rings is 1. The maximum Gasteiger partial charge on any atom is 0.434 e. The van der Waals surface area contributed by atoms with Crippen LogP contribution in [0.5, 0.6) is 0 Å². The zero-order valence-corrected chi connectivity index (χ0v) is 9.80. The summed E-state index contributed by atoms with van der Waals surface area (Å²) < 4.78 is 61.8. The molecule has 0 atom stereocenters. The van der Waals surface area contributed by atoms with Crippen LogP contribution in [-0.4, -0.2) is 4.98 Å². The molecule has 1 aromatic rings. The molecule has 1 nitrogen and oxygen atoms in total. The first kappa shape index (κ1) is 13.6. The summed E-state index contributed by atoms with van der Waals surface area (Å²) in [5.74, 6) is 0. The fourth-order valence-corrected chi connectivity index (χ4v) is 1.77. The van der Waals surface area contributed by atoms with Gasteiger partial charge in [-0.05, 0) is 11.6 Å². The van der Waals surface area contributed by atoms with E-state index in [-0.39, 0.29) is 10.9 Å². The van der Waals surface area contributed by atoms with Crippen molar-refractivity contribution in [1.29, 1.82) is 0 Å². The molecule has 8 heteroatoms. The fraction of sp³-hybridized carbons (Fsp3) is 0.375. The Morgan fingerprint density at radius 2 is 1.94 bits per heavy atom. The van der Waals surface area contributed by atoms with Crippen molar-refractivity contribution in [2.75, 3.05) is 0 Å². The van der Waals surface area contributed by atoms with Crippen LogP contribution in [-0.2, 0) is 11.5 Å². The lowest BCUT2D eigenvalue weighted by Gasteiger charge is -2.12. The third-order valence-electron chi connectivity index (χ3n) is 1.71. The molecule has 1 rings (SSSR count). The molecule has 0 fully saturated rings. The molecule has 1 aromatic heterocycles. The van der Waals surface area contributed by atoms with Gasteiger partial charge in [0.15, 0.2) is 5.69 Å². The second kappa shape index (κ2) is 4.83. The molecule has 0 amide bonds. The van der Waals surface area contributed by atoms with Gasteiger partial charge in [0, 0.05) is 5.33 Å². The molecule has 0 aromatic carbocycles. The Morgan fingerprint density at radius 3 is 2.31 bits per heavy atom. The molecule has 0 saturated carbocycles. The van der Waals surface area contributed by atoms with Crippen LogP contribution in [0.3, 0.4) is 0 Å². The molecule has 0 bridgehead atoms. The highest BCUT2D eigenvalue weighted by Gasteiger charge is 2.36. The van der Waals surface area contributed by atoms with Gasteiger partial charge in [-0.2, -0.15) is 13.2 Å². The number of hydrogen-bond acceptors (Lipinski definition) is 1.